The van der Waals surface area contributed by atoms with Gasteiger partial charge in [-0.15, -0.1) is 0 Å². The van der Waals surface area contributed by atoms with E-state index in [2.05, 4.69) is 64.4 Å². The molecule has 3 heteroatoms. The minimum atomic E-state index is 0.447. The van der Waals surface area contributed by atoms with Crippen LogP contribution in [0.3, 0.4) is 0 Å². The van der Waals surface area contributed by atoms with Crippen molar-refractivity contribution in [2.24, 2.45) is 0 Å². The van der Waals surface area contributed by atoms with Gasteiger partial charge in [0.15, 0.2) is 0 Å². The largest absolute Gasteiger partial charge is 0.313 e. The first-order chi connectivity index (χ1) is 10.2. The monoisotopic (exact) mass is 352 g/mol. The quantitative estimate of drug-likeness (QED) is 0.794. The maximum Gasteiger partial charge on any atom is 0.0330 e. The molecule has 1 aromatic carbocycles. The molecule has 1 aromatic rings. The van der Waals surface area contributed by atoms with E-state index in [1.165, 1.54) is 61.7 Å². The summed E-state index contributed by atoms with van der Waals surface area (Å²) in [5.74, 6) is 0. The third kappa shape index (κ3) is 5.08. The highest BCUT2D eigenvalue weighted by Crippen LogP contribution is 2.24. The molecule has 2 unspecified atom stereocenters. The molecule has 1 aliphatic heterocycles. The van der Waals surface area contributed by atoms with Crippen molar-refractivity contribution in [3.8, 4) is 0 Å². The Morgan fingerprint density at radius 1 is 1.33 bits per heavy atom. The first-order valence-electron chi connectivity index (χ1n) is 8.41. The van der Waals surface area contributed by atoms with E-state index in [1.54, 1.807) is 0 Å². The van der Waals surface area contributed by atoms with Crippen LogP contribution in [-0.2, 0) is 0 Å². The molecule has 0 spiro atoms. The molecular formula is C18H29BrN2. The number of benzene rings is 1. The minimum absolute atomic E-state index is 0.447. The van der Waals surface area contributed by atoms with E-state index in [0.29, 0.717) is 6.04 Å². The highest BCUT2D eigenvalue weighted by molar-refractivity contribution is 9.10. The van der Waals surface area contributed by atoms with Gasteiger partial charge in [0.25, 0.3) is 0 Å². The molecule has 2 atom stereocenters. The number of rotatable bonds is 6. The molecule has 0 saturated carbocycles. The third-order valence-electron chi connectivity index (χ3n) is 4.77. The van der Waals surface area contributed by atoms with Crippen LogP contribution < -0.4 is 5.32 Å². The van der Waals surface area contributed by atoms with Crippen molar-refractivity contribution in [1.29, 1.82) is 0 Å². The summed E-state index contributed by atoms with van der Waals surface area (Å²) in [6.45, 7) is 4.83. The summed E-state index contributed by atoms with van der Waals surface area (Å²) in [5.41, 5.74) is 1.38. The lowest BCUT2D eigenvalue weighted by Gasteiger charge is -2.30. The zero-order valence-corrected chi connectivity index (χ0v) is 15.0. The topological polar surface area (TPSA) is 15.3 Å². The van der Waals surface area contributed by atoms with E-state index in [9.17, 15) is 0 Å². The zero-order valence-electron chi connectivity index (χ0n) is 13.4. The average molecular weight is 353 g/mol. The molecule has 1 saturated heterocycles. The van der Waals surface area contributed by atoms with Gasteiger partial charge in [0.1, 0.15) is 0 Å². The summed E-state index contributed by atoms with van der Waals surface area (Å²) in [4.78, 5) is 2.73. The summed E-state index contributed by atoms with van der Waals surface area (Å²) in [6, 6.07) is 9.94. The van der Waals surface area contributed by atoms with Crippen LogP contribution in [-0.4, -0.2) is 31.1 Å². The Bertz CT molecular complexity index is 421. The molecule has 0 radical (unpaired) electrons. The predicted molar refractivity (Wildman–Crippen MR) is 94.7 cm³/mol. The molecular weight excluding hydrogens is 324 g/mol. The Morgan fingerprint density at radius 3 is 2.90 bits per heavy atom. The molecule has 2 nitrogen and oxygen atoms in total. The zero-order chi connectivity index (χ0) is 15.1. The van der Waals surface area contributed by atoms with Crippen LogP contribution in [0.15, 0.2) is 28.7 Å². The Balaban J connectivity index is 1.95. The molecule has 0 aliphatic carbocycles. The summed E-state index contributed by atoms with van der Waals surface area (Å²) in [7, 11) is 2.07. The first-order valence-corrected chi connectivity index (χ1v) is 9.20. The molecule has 21 heavy (non-hydrogen) atoms. The van der Waals surface area contributed by atoms with Crippen LogP contribution in [0.4, 0.5) is 0 Å². The van der Waals surface area contributed by atoms with Crippen LogP contribution in [0.1, 0.15) is 57.1 Å². The normalized spacial score (nSPS) is 22.0. The fraction of sp³-hybridized carbons (Fsp3) is 0.667. The molecule has 0 aromatic heterocycles. The molecule has 1 heterocycles. The highest BCUT2D eigenvalue weighted by atomic mass is 79.9. The predicted octanol–water partition coefficient (Wildman–Crippen LogP) is 4.75. The molecule has 1 N–H and O–H groups in total. The van der Waals surface area contributed by atoms with Crippen LogP contribution in [0.2, 0.25) is 0 Å². The van der Waals surface area contributed by atoms with Crippen molar-refractivity contribution in [3.63, 3.8) is 0 Å². The lowest BCUT2D eigenvalue weighted by atomic mass is 10.0. The number of halogens is 1. The Morgan fingerprint density at radius 2 is 2.19 bits per heavy atom. The van der Waals surface area contributed by atoms with Gasteiger partial charge in [-0.05, 0) is 57.0 Å². The Hall–Kier alpha value is -0.380. The average Bonchev–Trinajstić information content (AvgIpc) is 2.73. The van der Waals surface area contributed by atoms with E-state index in [0.717, 1.165) is 6.04 Å². The lowest BCUT2D eigenvalue weighted by molar-refractivity contribution is 0.185. The van der Waals surface area contributed by atoms with E-state index in [-0.39, 0.29) is 0 Å². The summed E-state index contributed by atoms with van der Waals surface area (Å²) in [6.07, 6.45) is 8.06. The van der Waals surface area contributed by atoms with Crippen molar-refractivity contribution >= 4 is 15.9 Å². The van der Waals surface area contributed by atoms with Crippen molar-refractivity contribution in [3.05, 3.63) is 34.3 Å². The van der Waals surface area contributed by atoms with Gasteiger partial charge in [-0.3, -0.25) is 0 Å². The second kappa shape index (κ2) is 8.92. The van der Waals surface area contributed by atoms with E-state index in [1.807, 2.05) is 0 Å². The fourth-order valence-electron chi connectivity index (χ4n) is 3.49. The standard InChI is InChI=1S/C18H29BrN2/c1-3-17-10-5-4-6-12-21(17)13-11-18(20-2)15-8-7-9-16(19)14-15/h7-9,14,17-18,20H,3-6,10-13H2,1-2H3. The van der Waals surface area contributed by atoms with Crippen LogP contribution in [0.5, 0.6) is 0 Å². The van der Waals surface area contributed by atoms with E-state index >= 15 is 0 Å². The van der Waals surface area contributed by atoms with Crippen molar-refractivity contribution in [1.82, 2.24) is 10.2 Å². The summed E-state index contributed by atoms with van der Waals surface area (Å²) < 4.78 is 1.17. The van der Waals surface area contributed by atoms with Gasteiger partial charge in [0.2, 0.25) is 0 Å². The Kier molecular flexibility index (Phi) is 7.21. The number of hydrogen-bond acceptors (Lipinski definition) is 2. The van der Waals surface area contributed by atoms with Crippen molar-refractivity contribution in [2.45, 2.75) is 57.5 Å². The van der Waals surface area contributed by atoms with E-state index in [4.69, 9.17) is 0 Å². The van der Waals surface area contributed by atoms with Crippen LogP contribution in [0.25, 0.3) is 0 Å². The number of hydrogen-bond donors (Lipinski definition) is 1. The second-order valence-electron chi connectivity index (χ2n) is 6.13. The van der Waals surface area contributed by atoms with Gasteiger partial charge in [-0.1, -0.05) is 47.8 Å². The summed E-state index contributed by atoms with van der Waals surface area (Å²) in [5, 5.41) is 3.49. The Labute approximate surface area is 138 Å². The van der Waals surface area contributed by atoms with Gasteiger partial charge in [-0.2, -0.15) is 0 Å². The molecule has 0 amide bonds. The van der Waals surface area contributed by atoms with Crippen LogP contribution >= 0.6 is 15.9 Å². The van der Waals surface area contributed by atoms with Gasteiger partial charge in [0.05, 0.1) is 0 Å². The number of nitrogens with one attached hydrogen (secondary N) is 1. The van der Waals surface area contributed by atoms with Crippen LogP contribution in [0, 0.1) is 0 Å². The summed E-state index contributed by atoms with van der Waals surface area (Å²) >= 11 is 3.58. The molecule has 118 valence electrons. The minimum Gasteiger partial charge on any atom is -0.313 e. The van der Waals surface area contributed by atoms with Gasteiger partial charge in [-0.25, -0.2) is 0 Å². The third-order valence-corrected chi connectivity index (χ3v) is 5.27. The van der Waals surface area contributed by atoms with Gasteiger partial charge >= 0.3 is 0 Å². The highest BCUT2D eigenvalue weighted by Gasteiger charge is 2.20. The lowest BCUT2D eigenvalue weighted by Crippen LogP contribution is -2.36. The van der Waals surface area contributed by atoms with Gasteiger partial charge in [0, 0.05) is 23.1 Å². The van der Waals surface area contributed by atoms with Gasteiger partial charge < -0.3 is 10.2 Å². The molecule has 1 aliphatic rings. The van der Waals surface area contributed by atoms with Crippen molar-refractivity contribution < 1.29 is 0 Å². The SMILES string of the molecule is CCC1CCCCCN1CCC(NC)c1cccc(Br)c1. The number of nitrogens with zero attached hydrogens (tertiary/aromatic N) is 1. The van der Waals surface area contributed by atoms with Crippen molar-refractivity contribution in [2.75, 3.05) is 20.1 Å². The fourth-order valence-corrected chi connectivity index (χ4v) is 3.91. The number of likely N-dealkylation sites (tertiary alicyclic amines) is 1. The maximum atomic E-state index is 3.58. The maximum absolute atomic E-state index is 3.58. The smallest absolute Gasteiger partial charge is 0.0330 e. The molecule has 0 bridgehead atoms. The molecule has 2 rings (SSSR count). The first kappa shape index (κ1) is 17.0. The second-order valence-corrected chi connectivity index (χ2v) is 7.05. The van der Waals surface area contributed by atoms with E-state index < -0.39 is 0 Å². The molecule has 1 fully saturated rings.